The molecule has 90 heavy (non-hydrogen) atoms. The van der Waals surface area contributed by atoms with E-state index in [2.05, 4.69) is 167 Å². The standard InChI is InChI=1S/C86H118N4/c1-5-9-13-17-21-25-29-33-37-45-59-87-79-51-43-41-49-71(79)75-65-85-77(67-83(75)87)73-57-55-69(63-81(73)89(85)61-47-39-35-31-27-23-19-15-11-7-3)53-54-70-56-58-74-78-68-84-76(66-86(78)90(82(74)64-70)62-48-40-36-32-28-24-20-16-12-8-4)72-50-42-44-52-80(72)88(84)60-46-38-34-30-26-22-18-14-10-6-2/h41-44,49-52,55-58,63-68H,5-40,45-48,59-62H2,1-4H3. The van der Waals surface area contributed by atoms with Gasteiger partial charge in [0.05, 0.1) is 11.0 Å². The van der Waals surface area contributed by atoms with E-state index in [1.165, 1.54) is 344 Å². The van der Waals surface area contributed by atoms with Gasteiger partial charge in [-0.15, -0.1) is 0 Å². The first kappa shape index (κ1) is 67.0. The Morgan fingerprint density at radius 2 is 0.411 bits per heavy atom. The van der Waals surface area contributed by atoms with E-state index in [0.29, 0.717) is 0 Å². The zero-order valence-electron chi connectivity index (χ0n) is 57.3. The van der Waals surface area contributed by atoms with Gasteiger partial charge in [0.2, 0.25) is 0 Å². The van der Waals surface area contributed by atoms with E-state index in [-0.39, 0.29) is 0 Å². The van der Waals surface area contributed by atoms with Crippen LogP contribution < -0.4 is 0 Å². The number of hydrogen-bond donors (Lipinski definition) is 0. The molecule has 0 radical (unpaired) electrons. The molecule has 0 amide bonds. The van der Waals surface area contributed by atoms with Gasteiger partial charge in [0.15, 0.2) is 0 Å². The highest BCUT2D eigenvalue weighted by atomic mass is 15.0. The molecule has 0 N–H and O–H groups in total. The van der Waals surface area contributed by atoms with Crippen LogP contribution in [0.4, 0.5) is 0 Å². The number of aromatic nitrogens is 4. The Kier molecular flexibility index (Phi) is 27.1. The van der Waals surface area contributed by atoms with Crippen LogP contribution in [0.25, 0.3) is 87.2 Å². The fourth-order valence-corrected chi connectivity index (χ4v) is 15.6. The minimum Gasteiger partial charge on any atom is -0.340 e. The van der Waals surface area contributed by atoms with Gasteiger partial charge >= 0.3 is 0 Å². The summed E-state index contributed by atoms with van der Waals surface area (Å²) in [5.41, 5.74) is 13.1. The van der Waals surface area contributed by atoms with Crippen LogP contribution in [-0.4, -0.2) is 18.3 Å². The summed E-state index contributed by atoms with van der Waals surface area (Å²) in [5.74, 6) is 7.54. The summed E-state index contributed by atoms with van der Waals surface area (Å²) in [6, 6.07) is 43.0. The van der Waals surface area contributed by atoms with E-state index in [1.807, 2.05) is 0 Å². The third-order valence-corrected chi connectivity index (χ3v) is 20.8. The maximum Gasteiger partial charge on any atom is 0.0503 e. The van der Waals surface area contributed by atoms with E-state index >= 15 is 0 Å². The molecular formula is C86H118N4. The number of para-hydroxylation sites is 2. The SMILES string of the molecule is CCCCCCCCCCCCn1c2ccccc2c2cc3c(cc21)c1ccc(C#Cc2ccc4c5cc6c(cc5n(CCCCCCCCCCCC)c4c2)c2ccccc2n6CCCCCCCCCCCC)cc1n3CCCCCCCCCCCC. The predicted octanol–water partition coefficient (Wildman–Crippen LogP) is 27.2. The van der Waals surface area contributed by atoms with Gasteiger partial charge in [0.25, 0.3) is 0 Å². The van der Waals surface area contributed by atoms with Crippen LogP contribution in [0.15, 0.2) is 109 Å². The van der Waals surface area contributed by atoms with Crippen molar-refractivity contribution in [2.24, 2.45) is 0 Å². The number of benzene rings is 6. The number of fused-ring (bicyclic) bond motifs is 12. The molecule has 0 unspecified atom stereocenters. The predicted molar refractivity (Wildman–Crippen MR) is 398 cm³/mol. The quantitative estimate of drug-likeness (QED) is 0.0268. The monoisotopic (exact) mass is 1210 g/mol. The van der Waals surface area contributed by atoms with Crippen molar-refractivity contribution in [3.63, 3.8) is 0 Å². The van der Waals surface area contributed by atoms with Gasteiger partial charge in [0, 0.05) is 113 Å². The van der Waals surface area contributed by atoms with Crippen molar-refractivity contribution in [2.75, 3.05) is 0 Å². The Morgan fingerprint density at radius 3 is 0.678 bits per heavy atom. The number of rotatable bonds is 44. The summed E-state index contributed by atoms with van der Waals surface area (Å²) < 4.78 is 10.7. The molecule has 10 rings (SSSR count). The first-order chi connectivity index (χ1) is 44.6. The van der Waals surface area contributed by atoms with Crippen molar-refractivity contribution in [1.82, 2.24) is 18.3 Å². The summed E-state index contributed by atoms with van der Waals surface area (Å²) in [7, 11) is 0. The largest absolute Gasteiger partial charge is 0.340 e. The second-order valence-electron chi connectivity index (χ2n) is 27.9. The number of hydrogen-bond acceptors (Lipinski definition) is 0. The zero-order chi connectivity index (χ0) is 62.0. The molecule has 4 heterocycles. The highest BCUT2D eigenvalue weighted by Crippen LogP contribution is 2.40. The lowest BCUT2D eigenvalue weighted by molar-refractivity contribution is 0.541. The summed E-state index contributed by atoms with van der Waals surface area (Å²) in [6.45, 7) is 13.5. The van der Waals surface area contributed by atoms with Crippen molar-refractivity contribution in [3.05, 3.63) is 120 Å². The van der Waals surface area contributed by atoms with Gasteiger partial charge in [-0.2, -0.15) is 0 Å². The highest BCUT2D eigenvalue weighted by Gasteiger charge is 2.20. The molecule has 4 aromatic heterocycles. The van der Waals surface area contributed by atoms with Gasteiger partial charge in [-0.05, 0) is 86.3 Å². The number of aryl methyl sites for hydroxylation is 4. The minimum atomic E-state index is 1.03. The van der Waals surface area contributed by atoms with Crippen LogP contribution in [0.2, 0.25) is 0 Å². The second-order valence-corrected chi connectivity index (χ2v) is 27.9. The molecule has 0 bridgehead atoms. The normalized spacial score (nSPS) is 12.1. The molecular weight excluding hydrogens is 1090 g/mol. The van der Waals surface area contributed by atoms with E-state index < -0.39 is 0 Å². The molecule has 482 valence electrons. The van der Waals surface area contributed by atoms with Crippen molar-refractivity contribution >= 4 is 87.2 Å². The van der Waals surface area contributed by atoms with Gasteiger partial charge in [-0.25, -0.2) is 0 Å². The molecule has 4 nitrogen and oxygen atoms in total. The van der Waals surface area contributed by atoms with Crippen molar-refractivity contribution < 1.29 is 0 Å². The Labute approximate surface area is 545 Å². The zero-order valence-corrected chi connectivity index (χ0v) is 57.3. The van der Waals surface area contributed by atoms with Crippen molar-refractivity contribution in [3.8, 4) is 11.8 Å². The summed E-state index contributed by atoms with van der Waals surface area (Å²) in [6.07, 6.45) is 54.1. The van der Waals surface area contributed by atoms with Crippen LogP contribution in [0, 0.1) is 11.8 Å². The van der Waals surface area contributed by atoms with Crippen LogP contribution in [0.5, 0.6) is 0 Å². The molecule has 0 fully saturated rings. The third-order valence-electron chi connectivity index (χ3n) is 20.8. The summed E-state index contributed by atoms with van der Waals surface area (Å²) in [5, 5.41) is 11.0. The lowest BCUT2D eigenvalue weighted by atomic mass is 10.1. The first-order valence-corrected chi connectivity index (χ1v) is 38.1. The Hall–Kier alpha value is -5.92. The number of nitrogens with zero attached hydrogens (tertiary/aromatic N) is 4. The maximum atomic E-state index is 3.77. The lowest BCUT2D eigenvalue weighted by Crippen LogP contribution is -1.99. The Morgan fingerprint density at radius 1 is 0.200 bits per heavy atom. The molecule has 4 heteroatoms. The second kappa shape index (κ2) is 36.4. The average Bonchev–Trinajstić information content (AvgIpc) is 1.60. The van der Waals surface area contributed by atoms with Gasteiger partial charge in [-0.1, -0.05) is 319 Å². The van der Waals surface area contributed by atoms with Crippen LogP contribution in [0.3, 0.4) is 0 Å². The van der Waals surface area contributed by atoms with Crippen molar-refractivity contribution in [2.45, 2.75) is 311 Å². The molecule has 0 aliphatic heterocycles. The van der Waals surface area contributed by atoms with E-state index in [1.54, 1.807) is 0 Å². The molecule has 10 aromatic rings. The molecule has 0 aliphatic rings. The average molecular weight is 1210 g/mol. The Balaban J connectivity index is 0.939. The van der Waals surface area contributed by atoms with E-state index in [9.17, 15) is 0 Å². The summed E-state index contributed by atoms with van der Waals surface area (Å²) >= 11 is 0. The van der Waals surface area contributed by atoms with E-state index in [4.69, 9.17) is 0 Å². The smallest absolute Gasteiger partial charge is 0.0503 e. The van der Waals surface area contributed by atoms with Crippen LogP contribution >= 0.6 is 0 Å². The maximum absolute atomic E-state index is 3.77. The molecule has 6 aromatic carbocycles. The van der Waals surface area contributed by atoms with Crippen LogP contribution in [0.1, 0.15) is 296 Å². The third kappa shape index (κ3) is 17.6. The molecule has 0 saturated heterocycles. The lowest BCUT2D eigenvalue weighted by Gasteiger charge is -2.10. The van der Waals surface area contributed by atoms with Crippen molar-refractivity contribution in [1.29, 1.82) is 0 Å². The molecule has 0 aliphatic carbocycles. The highest BCUT2D eigenvalue weighted by molar-refractivity contribution is 6.19. The van der Waals surface area contributed by atoms with E-state index in [0.717, 1.165) is 37.3 Å². The van der Waals surface area contributed by atoms with Crippen LogP contribution in [-0.2, 0) is 26.2 Å². The summed E-state index contributed by atoms with van der Waals surface area (Å²) in [4.78, 5) is 0. The first-order valence-electron chi connectivity index (χ1n) is 38.1. The topological polar surface area (TPSA) is 19.7 Å². The molecule has 0 saturated carbocycles. The Bertz CT molecular complexity index is 3590. The van der Waals surface area contributed by atoms with Gasteiger partial charge in [0.1, 0.15) is 0 Å². The fourth-order valence-electron chi connectivity index (χ4n) is 15.6. The molecule has 0 atom stereocenters. The van der Waals surface area contributed by atoms with Gasteiger partial charge < -0.3 is 18.3 Å². The molecule has 0 spiro atoms. The fraction of sp³-hybridized carbons (Fsp3) is 0.558. The number of unbranched alkanes of at least 4 members (excludes halogenated alkanes) is 36. The van der Waals surface area contributed by atoms with Gasteiger partial charge in [-0.3, -0.25) is 0 Å². The minimum absolute atomic E-state index is 1.03.